The second kappa shape index (κ2) is 6.69. The second-order valence-electron chi connectivity index (χ2n) is 5.89. The van der Waals surface area contributed by atoms with Crippen LogP contribution >= 0.6 is 11.8 Å². The zero-order valence-corrected chi connectivity index (χ0v) is 13.7. The number of nitrogens with zero attached hydrogens (tertiary/aromatic N) is 1. The van der Waals surface area contributed by atoms with E-state index in [1.165, 1.54) is 12.8 Å². The van der Waals surface area contributed by atoms with Crippen LogP contribution in [0.25, 0.3) is 0 Å². The molecule has 22 heavy (non-hydrogen) atoms. The highest BCUT2D eigenvalue weighted by atomic mass is 32.2. The van der Waals surface area contributed by atoms with Gasteiger partial charge in [-0.2, -0.15) is 0 Å². The average Bonchev–Trinajstić information content (AvgIpc) is 3.30. The van der Waals surface area contributed by atoms with Crippen LogP contribution in [0.5, 0.6) is 5.75 Å². The van der Waals surface area contributed by atoms with Crippen molar-refractivity contribution >= 4 is 11.8 Å². The molecule has 2 aromatic rings. The maximum Gasteiger partial charge on any atom is 0.165 e. The number of aromatic nitrogens is 1. The predicted molar refractivity (Wildman–Crippen MR) is 87.9 cm³/mol. The molecule has 0 amide bonds. The molecule has 1 saturated carbocycles. The van der Waals surface area contributed by atoms with Gasteiger partial charge in [-0.15, -0.1) is 11.8 Å². The molecule has 3 rings (SSSR count). The molecule has 1 aliphatic carbocycles. The Kier molecular flexibility index (Phi) is 4.67. The van der Waals surface area contributed by atoms with E-state index in [1.54, 1.807) is 23.9 Å². The smallest absolute Gasteiger partial charge is 0.165 e. The molecule has 0 unspecified atom stereocenters. The van der Waals surface area contributed by atoms with Gasteiger partial charge in [0.2, 0.25) is 0 Å². The highest BCUT2D eigenvalue weighted by molar-refractivity contribution is 7.99. The van der Waals surface area contributed by atoms with Crippen LogP contribution in [-0.2, 0) is 6.61 Å². The summed E-state index contributed by atoms with van der Waals surface area (Å²) in [6, 6.07) is 11.2. The van der Waals surface area contributed by atoms with Gasteiger partial charge in [-0.05, 0) is 48.6 Å². The number of halogens is 1. The number of hydrogen-bond acceptors (Lipinski definition) is 3. The third-order valence-electron chi connectivity index (χ3n) is 3.52. The Bertz CT molecular complexity index is 655. The summed E-state index contributed by atoms with van der Waals surface area (Å²) >= 11 is 1.71. The summed E-state index contributed by atoms with van der Waals surface area (Å²) in [5, 5.41) is 1.46. The Morgan fingerprint density at radius 3 is 2.77 bits per heavy atom. The van der Waals surface area contributed by atoms with Crippen LogP contribution in [0.15, 0.2) is 41.4 Å². The molecule has 0 aliphatic heterocycles. The van der Waals surface area contributed by atoms with Crippen LogP contribution in [0.3, 0.4) is 0 Å². The van der Waals surface area contributed by atoms with E-state index in [2.05, 4.69) is 18.8 Å². The molecule has 116 valence electrons. The van der Waals surface area contributed by atoms with Gasteiger partial charge in [0.25, 0.3) is 0 Å². The van der Waals surface area contributed by atoms with Crippen LogP contribution in [0.1, 0.15) is 43.9 Å². The zero-order valence-electron chi connectivity index (χ0n) is 12.9. The monoisotopic (exact) mass is 317 g/mol. The molecule has 0 spiro atoms. The van der Waals surface area contributed by atoms with Gasteiger partial charge in [0.15, 0.2) is 11.6 Å². The Hall–Kier alpha value is -1.55. The SMILES string of the molecule is CC(C)Sc1cccc(COc2ccc(C3CC3)cc2F)n1. The average molecular weight is 317 g/mol. The van der Waals surface area contributed by atoms with Crippen LogP contribution in [0, 0.1) is 5.82 Å². The van der Waals surface area contributed by atoms with Gasteiger partial charge in [-0.25, -0.2) is 9.37 Å². The molecule has 0 atom stereocenters. The van der Waals surface area contributed by atoms with Gasteiger partial charge in [0, 0.05) is 5.25 Å². The highest BCUT2D eigenvalue weighted by Gasteiger charge is 2.24. The first-order valence-corrected chi connectivity index (χ1v) is 8.54. The van der Waals surface area contributed by atoms with E-state index in [9.17, 15) is 4.39 Å². The van der Waals surface area contributed by atoms with E-state index >= 15 is 0 Å². The molecule has 0 N–H and O–H groups in total. The second-order valence-corrected chi connectivity index (χ2v) is 7.48. The lowest BCUT2D eigenvalue weighted by molar-refractivity contribution is 0.285. The minimum absolute atomic E-state index is 0.280. The summed E-state index contributed by atoms with van der Waals surface area (Å²) in [5.74, 6) is 0.570. The summed E-state index contributed by atoms with van der Waals surface area (Å²) in [5.41, 5.74) is 1.90. The fraction of sp³-hybridized carbons (Fsp3) is 0.389. The van der Waals surface area contributed by atoms with Crippen molar-refractivity contribution in [3.63, 3.8) is 0 Å². The van der Waals surface area contributed by atoms with Crippen molar-refractivity contribution in [2.75, 3.05) is 0 Å². The minimum Gasteiger partial charge on any atom is -0.484 e. The van der Waals surface area contributed by atoms with Crippen molar-refractivity contribution in [3.05, 3.63) is 53.5 Å². The van der Waals surface area contributed by atoms with Crippen LogP contribution in [0.4, 0.5) is 4.39 Å². The quantitative estimate of drug-likeness (QED) is 0.686. The van der Waals surface area contributed by atoms with Gasteiger partial charge in [-0.3, -0.25) is 0 Å². The van der Waals surface area contributed by atoms with E-state index in [0.29, 0.717) is 16.9 Å². The maximum absolute atomic E-state index is 14.0. The molecule has 1 heterocycles. The van der Waals surface area contributed by atoms with Crippen molar-refractivity contribution in [1.82, 2.24) is 4.98 Å². The summed E-state index contributed by atoms with van der Waals surface area (Å²) in [4.78, 5) is 4.53. The molecule has 0 radical (unpaired) electrons. The Morgan fingerprint density at radius 1 is 1.27 bits per heavy atom. The topological polar surface area (TPSA) is 22.1 Å². The summed E-state index contributed by atoms with van der Waals surface area (Å²) in [7, 11) is 0. The van der Waals surface area contributed by atoms with E-state index in [-0.39, 0.29) is 12.4 Å². The van der Waals surface area contributed by atoms with Gasteiger partial charge >= 0.3 is 0 Å². The lowest BCUT2D eigenvalue weighted by Gasteiger charge is -2.10. The van der Waals surface area contributed by atoms with Crippen molar-refractivity contribution in [2.24, 2.45) is 0 Å². The fourth-order valence-electron chi connectivity index (χ4n) is 2.30. The Balaban J connectivity index is 1.64. The first-order valence-electron chi connectivity index (χ1n) is 7.66. The maximum atomic E-state index is 14.0. The lowest BCUT2D eigenvalue weighted by atomic mass is 10.1. The molecule has 0 saturated heterocycles. The Labute approximate surface area is 135 Å². The number of benzene rings is 1. The van der Waals surface area contributed by atoms with E-state index in [1.807, 2.05) is 24.3 Å². The molecular weight excluding hydrogens is 297 g/mol. The number of ether oxygens (including phenoxy) is 1. The third kappa shape index (κ3) is 4.01. The van der Waals surface area contributed by atoms with Crippen molar-refractivity contribution in [3.8, 4) is 5.75 Å². The summed E-state index contributed by atoms with van der Waals surface area (Å²) in [6.45, 7) is 4.55. The molecule has 1 aliphatic rings. The number of thioether (sulfide) groups is 1. The first-order chi connectivity index (χ1) is 10.6. The summed E-state index contributed by atoms with van der Waals surface area (Å²) in [6.07, 6.45) is 2.34. The normalized spacial score (nSPS) is 14.4. The van der Waals surface area contributed by atoms with Gasteiger partial charge in [0.1, 0.15) is 6.61 Å². The molecule has 2 nitrogen and oxygen atoms in total. The molecule has 1 aromatic carbocycles. The zero-order chi connectivity index (χ0) is 15.5. The standard InChI is InChI=1S/C18H20FNOS/c1-12(2)22-18-5-3-4-15(20-18)11-21-17-9-8-14(10-16(17)19)13-6-7-13/h3-5,8-10,12-13H,6-7,11H2,1-2H3. The molecule has 4 heteroatoms. The number of hydrogen-bond donors (Lipinski definition) is 0. The minimum atomic E-state index is -0.280. The highest BCUT2D eigenvalue weighted by Crippen LogP contribution is 2.41. The molecule has 1 aromatic heterocycles. The fourth-order valence-corrected chi connectivity index (χ4v) is 3.11. The third-order valence-corrected chi connectivity index (χ3v) is 4.46. The van der Waals surface area contributed by atoms with Crippen LogP contribution < -0.4 is 4.74 Å². The Morgan fingerprint density at radius 2 is 2.09 bits per heavy atom. The van der Waals surface area contributed by atoms with E-state index < -0.39 is 0 Å². The van der Waals surface area contributed by atoms with Crippen LogP contribution in [-0.4, -0.2) is 10.2 Å². The van der Waals surface area contributed by atoms with Gasteiger partial charge < -0.3 is 4.74 Å². The van der Waals surface area contributed by atoms with Crippen LogP contribution in [0.2, 0.25) is 0 Å². The molecule has 1 fully saturated rings. The number of pyridine rings is 1. The van der Waals surface area contributed by atoms with Gasteiger partial charge in [0.05, 0.1) is 10.7 Å². The number of rotatable bonds is 6. The predicted octanol–water partition coefficient (Wildman–Crippen LogP) is 5.18. The summed E-state index contributed by atoms with van der Waals surface area (Å²) < 4.78 is 19.6. The first kappa shape index (κ1) is 15.3. The lowest BCUT2D eigenvalue weighted by Crippen LogP contribution is -2.01. The van der Waals surface area contributed by atoms with Gasteiger partial charge in [-0.1, -0.05) is 26.0 Å². The molecule has 0 bridgehead atoms. The molecular formula is C18H20FNOS. The van der Waals surface area contributed by atoms with Crippen molar-refractivity contribution < 1.29 is 9.13 Å². The van der Waals surface area contributed by atoms with E-state index in [0.717, 1.165) is 16.3 Å². The largest absolute Gasteiger partial charge is 0.484 e. The van der Waals surface area contributed by atoms with Crippen molar-refractivity contribution in [2.45, 2.75) is 49.5 Å². The van der Waals surface area contributed by atoms with E-state index in [4.69, 9.17) is 4.74 Å². The van der Waals surface area contributed by atoms with Crippen molar-refractivity contribution in [1.29, 1.82) is 0 Å².